The van der Waals surface area contributed by atoms with Crippen molar-refractivity contribution in [3.8, 4) is 0 Å². The molecule has 0 atom stereocenters. The fourth-order valence-corrected chi connectivity index (χ4v) is 4.74. The third-order valence-electron chi connectivity index (χ3n) is 4.94. The van der Waals surface area contributed by atoms with Crippen molar-refractivity contribution in [2.24, 2.45) is 0 Å². The largest absolute Gasteiger partial charge is 0.346 e. The molecule has 4 nitrogen and oxygen atoms in total. The predicted molar refractivity (Wildman–Crippen MR) is 110 cm³/mol. The van der Waals surface area contributed by atoms with Crippen molar-refractivity contribution in [3.05, 3.63) is 61.7 Å². The van der Waals surface area contributed by atoms with Gasteiger partial charge in [-0.25, -0.2) is 0 Å². The third kappa shape index (κ3) is 3.56. The lowest BCUT2D eigenvalue weighted by Crippen LogP contribution is -2.27. The summed E-state index contributed by atoms with van der Waals surface area (Å²) >= 11 is 13.1. The fraction of sp³-hybridized carbons (Fsp3) is 0.300. The minimum atomic E-state index is -0.285. The molecule has 0 N–H and O–H groups in total. The van der Waals surface area contributed by atoms with E-state index in [0.29, 0.717) is 26.6 Å². The Morgan fingerprint density at radius 1 is 1.19 bits per heavy atom. The summed E-state index contributed by atoms with van der Waals surface area (Å²) in [7, 11) is 0. The molecule has 1 aromatic heterocycles. The van der Waals surface area contributed by atoms with Crippen LogP contribution >= 0.6 is 35.0 Å². The molecule has 0 radical (unpaired) electrons. The molecule has 0 unspecified atom stereocenters. The van der Waals surface area contributed by atoms with Gasteiger partial charge in [0.1, 0.15) is 0 Å². The Hall–Kier alpha value is -1.69. The maximum Gasteiger partial charge on any atom is 0.293 e. The highest BCUT2D eigenvalue weighted by molar-refractivity contribution is 8.18. The van der Waals surface area contributed by atoms with Gasteiger partial charge in [-0.1, -0.05) is 29.3 Å². The smallest absolute Gasteiger partial charge is 0.293 e. The average Bonchev–Trinajstić information content (AvgIpc) is 3.34. The summed E-state index contributed by atoms with van der Waals surface area (Å²) in [6, 6.07) is 7.71. The quantitative estimate of drug-likeness (QED) is 0.570. The number of imide groups is 1. The molecule has 27 heavy (non-hydrogen) atoms. The van der Waals surface area contributed by atoms with Crippen molar-refractivity contribution in [1.82, 2.24) is 9.47 Å². The molecule has 1 aromatic carbocycles. The number of halogens is 2. The highest BCUT2D eigenvalue weighted by Crippen LogP contribution is 2.40. The van der Waals surface area contributed by atoms with Gasteiger partial charge in [-0.2, -0.15) is 0 Å². The zero-order valence-corrected chi connectivity index (χ0v) is 17.3. The normalized spacial score (nSPS) is 18.8. The molecule has 2 heterocycles. The van der Waals surface area contributed by atoms with Gasteiger partial charge in [0.2, 0.25) is 0 Å². The average molecular weight is 421 g/mol. The second kappa shape index (κ2) is 7.04. The molecule has 1 saturated heterocycles. The maximum absolute atomic E-state index is 12.8. The molecule has 1 saturated carbocycles. The van der Waals surface area contributed by atoms with Crippen LogP contribution in [0.2, 0.25) is 10.0 Å². The predicted octanol–water partition coefficient (Wildman–Crippen LogP) is 5.98. The number of hydrogen-bond donors (Lipinski definition) is 0. The molecule has 2 aromatic rings. The van der Waals surface area contributed by atoms with E-state index in [0.717, 1.165) is 23.0 Å². The molecule has 1 aliphatic carbocycles. The molecule has 0 bridgehead atoms. The number of aromatic nitrogens is 1. The van der Waals surface area contributed by atoms with Crippen molar-refractivity contribution in [2.75, 3.05) is 0 Å². The van der Waals surface area contributed by atoms with Crippen molar-refractivity contribution >= 4 is 52.2 Å². The first-order valence-electron chi connectivity index (χ1n) is 8.73. The SMILES string of the molecule is Cc1cc(/C=C2\SC(=O)N(Cc3ccc(Cl)cc3Cl)C2=O)c(C)n1C1CC1. The lowest BCUT2D eigenvalue weighted by atomic mass is 10.2. The van der Waals surface area contributed by atoms with Crippen LogP contribution in [-0.2, 0) is 11.3 Å². The molecule has 2 amide bonds. The standard InChI is InChI=1S/C20H18Cl2N2O2S/c1-11-7-14(12(2)24(11)16-5-6-16)8-18-19(25)23(20(26)27-18)10-13-3-4-15(21)9-17(13)22/h3-4,7-9,16H,5-6,10H2,1-2H3/b18-8-. The van der Waals surface area contributed by atoms with Gasteiger partial charge in [0, 0.05) is 27.5 Å². The summed E-state index contributed by atoms with van der Waals surface area (Å²) < 4.78 is 2.32. The fourth-order valence-electron chi connectivity index (χ4n) is 3.44. The number of aryl methyl sites for hydroxylation is 1. The zero-order valence-electron chi connectivity index (χ0n) is 15.0. The Balaban J connectivity index is 1.59. The molecular formula is C20H18Cl2N2O2S. The van der Waals surface area contributed by atoms with Gasteiger partial charge < -0.3 is 4.57 Å². The van der Waals surface area contributed by atoms with E-state index in [1.807, 2.05) is 6.08 Å². The highest BCUT2D eigenvalue weighted by Gasteiger charge is 2.36. The first-order chi connectivity index (χ1) is 12.8. The molecule has 1 aliphatic heterocycles. The number of carbonyl (C=O) groups excluding carboxylic acids is 2. The highest BCUT2D eigenvalue weighted by atomic mass is 35.5. The first kappa shape index (κ1) is 18.7. The summed E-state index contributed by atoms with van der Waals surface area (Å²) in [5.41, 5.74) is 4.02. The van der Waals surface area contributed by atoms with Crippen molar-refractivity contribution in [3.63, 3.8) is 0 Å². The lowest BCUT2D eigenvalue weighted by Gasteiger charge is -2.13. The molecule has 2 fully saturated rings. The van der Waals surface area contributed by atoms with E-state index in [4.69, 9.17) is 23.2 Å². The number of nitrogens with zero attached hydrogens (tertiary/aromatic N) is 2. The van der Waals surface area contributed by atoms with E-state index >= 15 is 0 Å². The Labute approximate surface area is 172 Å². The van der Waals surface area contributed by atoms with Crippen LogP contribution in [0.25, 0.3) is 6.08 Å². The summed E-state index contributed by atoms with van der Waals surface area (Å²) in [5.74, 6) is -0.285. The van der Waals surface area contributed by atoms with Crippen LogP contribution in [0.1, 0.15) is 41.4 Å². The van der Waals surface area contributed by atoms with E-state index in [1.165, 1.54) is 23.4 Å². The Morgan fingerprint density at radius 3 is 2.59 bits per heavy atom. The Kier molecular flexibility index (Phi) is 4.87. The summed E-state index contributed by atoms with van der Waals surface area (Å²) in [5, 5.41) is 0.676. The second-order valence-electron chi connectivity index (χ2n) is 6.93. The van der Waals surface area contributed by atoms with Crippen molar-refractivity contribution < 1.29 is 9.59 Å². The Morgan fingerprint density at radius 2 is 1.93 bits per heavy atom. The topological polar surface area (TPSA) is 42.3 Å². The van der Waals surface area contributed by atoms with E-state index in [1.54, 1.807) is 18.2 Å². The van der Waals surface area contributed by atoms with Crippen LogP contribution in [0, 0.1) is 13.8 Å². The van der Waals surface area contributed by atoms with Gasteiger partial charge in [-0.15, -0.1) is 0 Å². The van der Waals surface area contributed by atoms with E-state index < -0.39 is 0 Å². The van der Waals surface area contributed by atoms with Crippen LogP contribution < -0.4 is 0 Å². The number of carbonyl (C=O) groups is 2. The van der Waals surface area contributed by atoms with E-state index in [2.05, 4.69) is 24.5 Å². The molecular weight excluding hydrogens is 403 g/mol. The van der Waals surface area contributed by atoms with Crippen LogP contribution in [0.3, 0.4) is 0 Å². The maximum atomic E-state index is 12.8. The minimum Gasteiger partial charge on any atom is -0.346 e. The van der Waals surface area contributed by atoms with Crippen LogP contribution in [0.5, 0.6) is 0 Å². The Bertz CT molecular complexity index is 992. The summed E-state index contributed by atoms with van der Waals surface area (Å²) in [6.45, 7) is 4.28. The summed E-state index contributed by atoms with van der Waals surface area (Å²) in [6.07, 6.45) is 4.23. The minimum absolute atomic E-state index is 0.138. The number of hydrogen-bond acceptors (Lipinski definition) is 3. The second-order valence-corrected chi connectivity index (χ2v) is 8.77. The van der Waals surface area contributed by atoms with Gasteiger partial charge in [0.25, 0.3) is 11.1 Å². The monoisotopic (exact) mass is 420 g/mol. The van der Waals surface area contributed by atoms with Crippen molar-refractivity contribution in [2.45, 2.75) is 39.3 Å². The molecule has 7 heteroatoms. The lowest BCUT2D eigenvalue weighted by molar-refractivity contribution is -0.123. The van der Waals surface area contributed by atoms with Gasteiger partial charge in [-0.3, -0.25) is 14.5 Å². The van der Waals surface area contributed by atoms with Gasteiger partial charge in [-0.05, 0) is 73.9 Å². The van der Waals surface area contributed by atoms with Crippen LogP contribution in [0.4, 0.5) is 4.79 Å². The number of rotatable bonds is 4. The number of thioether (sulfide) groups is 1. The molecule has 0 spiro atoms. The molecule has 4 rings (SSSR count). The van der Waals surface area contributed by atoms with Gasteiger partial charge >= 0.3 is 0 Å². The van der Waals surface area contributed by atoms with Crippen LogP contribution in [-0.4, -0.2) is 20.6 Å². The van der Waals surface area contributed by atoms with E-state index in [9.17, 15) is 9.59 Å². The zero-order chi connectivity index (χ0) is 19.3. The van der Waals surface area contributed by atoms with Gasteiger partial charge in [0.05, 0.1) is 11.4 Å². The first-order valence-corrected chi connectivity index (χ1v) is 10.3. The number of benzene rings is 1. The van der Waals surface area contributed by atoms with Crippen molar-refractivity contribution in [1.29, 1.82) is 0 Å². The third-order valence-corrected chi connectivity index (χ3v) is 6.43. The molecule has 2 aliphatic rings. The van der Waals surface area contributed by atoms with Crippen LogP contribution in [0.15, 0.2) is 29.2 Å². The molecule has 140 valence electrons. The van der Waals surface area contributed by atoms with Gasteiger partial charge in [0.15, 0.2) is 0 Å². The van der Waals surface area contributed by atoms with E-state index in [-0.39, 0.29) is 17.7 Å². The number of amides is 2. The summed E-state index contributed by atoms with van der Waals surface area (Å²) in [4.78, 5) is 26.9.